The summed E-state index contributed by atoms with van der Waals surface area (Å²) in [6.45, 7) is 7.27. The molecule has 2 heteroatoms. The second-order valence-corrected chi connectivity index (χ2v) is 6.45. The molecule has 0 saturated carbocycles. The van der Waals surface area contributed by atoms with E-state index < -0.39 is 0 Å². The molecule has 0 bridgehead atoms. The van der Waals surface area contributed by atoms with Crippen LogP contribution < -0.4 is 0 Å². The summed E-state index contributed by atoms with van der Waals surface area (Å²) >= 11 is 1.36. The van der Waals surface area contributed by atoms with Gasteiger partial charge in [0.25, 0.3) is 0 Å². The topological polar surface area (TPSA) is 0 Å². The SMILES string of the molecule is Cc1c[cH-]c(C)c1.[CH3-].[CH3-].[Si]=[Zr].c1ccc2c(c1)ccc1[cH-]c3ccccc3c12. The van der Waals surface area contributed by atoms with Gasteiger partial charge in [0.2, 0.25) is 0 Å². The van der Waals surface area contributed by atoms with Crippen LogP contribution in [0.1, 0.15) is 11.1 Å². The zero-order valence-corrected chi connectivity index (χ0v) is 20.5. The standard InChI is InChI=1S/C17H11.C7H9.2CH3.Si.Zr/c1-3-7-15-12(5-1)9-10-14-11-13-6-2-4-8-16(13)17(14)15;1-6-3-4-7(2)5-6;;;;/h1-11H;3-5H,1-2H3;2*1H3;;/q4*-1;;. The molecule has 0 aliphatic heterocycles. The van der Waals surface area contributed by atoms with Crippen molar-refractivity contribution in [3.8, 4) is 0 Å². The van der Waals surface area contributed by atoms with Gasteiger partial charge in [-0.1, -0.05) is 67.8 Å². The van der Waals surface area contributed by atoms with Crippen LogP contribution in [0.3, 0.4) is 0 Å². The molecule has 0 saturated heterocycles. The van der Waals surface area contributed by atoms with Gasteiger partial charge in [-0.2, -0.15) is 17.7 Å². The van der Waals surface area contributed by atoms with E-state index in [1.807, 2.05) is 0 Å². The average molecular weight is 458 g/mol. The van der Waals surface area contributed by atoms with E-state index in [2.05, 4.69) is 106 Å². The Morgan fingerprint density at radius 3 is 2.00 bits per heavy atom. The second-order valence-electron chi connectivity index (χ2n) is 6.45. The summed E-state index contributed by atoms with van der Waals surface area (Å²) in [6, 6.07) is 30.3. The maximum atomic E-state index is 3.06. The van der Waals surface area contributed by atoms with Crippen LogP contribution in [0.5, 0.6) is 0 Å². The van der Waals surface area contributed by atoms with Crippen molar-refractivity contribution in [2.24, 2.45) is 0 Å². The van der Waals surface area contributed by atoms with Gasteiger partial charge < -0.3 is 14.9 Å². The number of hydrogen-bond donors (Lipinski definition) is 0. The molecule has 0 heterocycles. The van der Waals surface area contributed by atoms with Gasteiger partial charge in [0.15, 0.2) is 0 Å². The van der Waals surface area contributed by atoms with E-state index in [4.69, 9.17) is 0 Å². The molecule has 5 aromatic carbocycles. The number of benzene rings is 3. The molecule has 0 atom stereocenters. The van der Waals surface area contributed by atoms with E-state index in [1.54, 1.807) is 0 Å². The number of rotatable bonds is 0. The Kier molecular flexibility index (Phi) is 9.79. The van der Waals surface area contributed by atoms with Gasteiger partial charge in [-0.25, -0.2) is 11.6 Å². The third-order valence-corrected chi connectivity index (χ3v) is 4.57. The van der Waals surface area contributed by atoms with E-state index >= 15 is 0 Å². The molecule has 0 aliphatic rings. The van der Waals surface area contributed by atoms with Crippen LogP contribution in [0, 0.1) is 28.7 Å². The third-order valence-electron chi connectivity index (χ3n) is 4.57. The molecule has 2 radical (unpaired) electrons. The maximum Gasteiger partial charge on any atom is -0.0333 e. The molecular weight excluding hydrogens is 432 g/mol. The summed E-state index contributed by atoms with van der Waals surface area (Å²) in [5.41, 5.74) is 2.72. The summed E-state index contributed by atoms with van der Waals surface area (Å²) < 4.78 is 0. The number of aryl methyl sites for hydroxylation is 2. The second kappa shape index (κ2) is 11.3. The van der Waals surface area contributed by atoms with Crippen molar-refractivity contribution >= 4 is 39.2 Å². The van der Waals surface area contributed by atoms with Crippen molar-refractivity contribution in [2.75, 3.05) is 0 Å². The molecule has 142 valence electrons. The van der Waals surface area contributed by atoms with Crippen LogP contribution in [0.25, 0.3) is 32.3 Å². The number of hydrogen-bond acceptors (Lipinski definition) is 0. The minimum Gasteiger partial charge on any atom is -0.126 e. The van der Waals surface area contributed by atoms with E-state index in [1.165, 1.54) is 66.8 Å². The zero-order chi connectivity index (χ0) is 18.5. The van der Waals surface area contributed by atoms with Crippen molar-refractivity contribution in [1.29, 1.82) is 0 Å². The molecule has 5 rings (SSSR count). The first-order valence-electron chi connectivity index (χ1n) is 8.63. The van der Waals surface area contributed by atoms with Crippen molar-refractivity contribution in [1.82, 2.24) is 0 Å². The fraction of sp³-hybridized carbons (Fsp3) is 0.0769. The van der Waals surface area contributed by atoms with E-state index in [9.17, 15) is 0 Å². The molecule has 0 fully saturated rings. The molecule has 0 nitrogen and oxygen atoms in total. The van der Waals surface area contributed by atoms with E-state index in [0.29, 0.717) is 0 Å². The molecular formula is C26H26SiZr-4. The minimum atomic E-state index is 0. The van der Waals surface area contributed by atoms with Crippen molar-refractivity contribution < 1.29 is 23.3 Å². The van der Waals surface area contributed by atoms with Gasteiger partial charge in [-0.3, -0.25) is 0 Å². The van der Waals surface area contributed by atoms with Crippen molar-refractivity contribution in [2.45, 2.75) is 13.8 Å². The quantitative estimate of drug-likeness (QED) is 0.168. The summed E-state index contributed by atoms with van der Waals surface area (Å²) in [5.74, 6) is 0. The predicted molar refractivity (Wildman–Crippen MR) is 125 cm³/mol. The average Bonchev–Trinajstić information content (AvgIpc) is 3.26. The van der Waals surface area contributed by atoms with E-state index in [-0.39, 0.29) is 14.9 Å². The Labute approximate surface area is 186 Å². The molecule has 0 N–H and O–H groups in total. The first-order chi connectivity index (χ1) is 12.7. The normalized spacial score (nSPS) is 9.46. The van der Waals surface area contributed by atoms with Crippen LogP contribution in [-0.4, -0.2) is 6.88 Å². The molecule has 0 spiro atoms. The van der Waals surface area contributed by atoms with Gasteiger partial charge in [0, 0.05) is 0 Å². The first kappa shape index (κ1) is 24.3. The van der Waals surface area contributed by atoms with Gasteiger partial charge in [0.1, 0.15) is 0 Å². The molecule has 0 aromatic heterocycles. The number of fused-ring (bicyclic) bond motifs is 5. The summed E-state index contributed by atoms with van der Waals surface area (Å²) in [4.78, 5) is 0. The predicted octanol–water partition coefficient (Wildman–Crippen LogP) is 7.40. The Hall–Kier alpha value is -1.76. The Morgan fingerprint density at radius 1 is 0.750 bits per heavy atom. The molecule has 0 unspecified atom stereocenters. The third kappa shape index (κ3) is 5.19. The summed E-state index contributed by atoms with van der Waals surface area (Å²) in [5, 5.41) is 8.09. The van der Waals surface area contributed by atoms with E-state index in [0.717, 1.165) is 0 Å². The smallest absolute Gasteiger partial charge is 0.0333 e. The Morgan fingerprint density at radius 2 is 1.39 bits per heavy atom. The maximum absolute atomic E-state index is 3.06. The summed E-state index contributed by atoms with van der Waals surface area (Å²) in [6.07, 6.45) is 0. The van der Waals surface area contributed by atoms with Gasteiger partial charge in [-0.15, -0.1) is 39.7 Å². The van der Waals surface area contributed by atoms with Gasteiger partial charge >= 0.3 is 30.2 Å². The van der Waals surface area contributed by atoms with Crippen molar-refractivity contribution in [3.05, 3.63) is 111 Å². The summed E-state index contributed by atoms with van der Waals surface area (Å²) in [7, 11) is 0. The molecule has 0 amide bonds. The van der Waals surface area contributed by atoms with Crippen LogP contribution in [-0.2, 0) is 23.3 Å². The first-order valence-corrected chi connectivity index (χ1v) is 12.8. The zero-order valence-electron chi connectivity index (χ0n) is 17.1. The van der Waals surface area contributed by atoms with Crippen molar-refractivity contribution in [3.63, 3.8) is 0 Å². The van der Waals surface area contributed by atoms with Gasteiger partial charge in [0.05, 0.1) is 0 Å². The minimum absolute atomic E-state index is 0. The fourth-order valence-electron chi connectivity index (χ4n) is 3.45. The van der Waals surface area contributed by atoms with Crippen LogP contribution in [0.15, 0.2) is 84.9 Å². The monoisotopic (exact) mass is 456 g/mol. The fourth-order valence-corrected chi connectivity index (χ4v) is 3.45. The molecule has 5 aromatic rings. The van der Waals surface area contributed by atoms with Gasteiger partial charge in [-0.05, 0) is 5.39 Å². The Balaban J connectivity index is 0.000000307. The molecule has 28 heavy (non-hydrogen) atoms. The molecule has 0 aliphatic carbocycles. The Bertz CT molecular complexity index is 1120. The van der Waals surface area contributed by atoms with Crippen LogP contribution in [0.2, 0.25) is 0 Å². The van der Waals surface area contributed by atoms with Crippen LogP contribution >= 0.6 is 0 Å². The largest absolute Gasteiger partial charge is 0.126 e. The van der Waals surface area contributed by atoms with Crippen LogP contribution in [0.4, 0.5) is 0 Å².